The van der Waals surface area contributed by atoms with Crippen LogP contribution in [0, 0.1) is 6.92 Å². The molecule has 3 heterocycles. The predicted octanol–water partition coefficient (Wildman–Crippen LogP) is 5.58. The molecule has 1 fully saturated rings. The number of hydrogen-bond acceptors (Lipinski definition) is 11. The molecular formula is C27H38ClN3O8PS+. The van der Waals surface area contributed by atoms with E-state index >= 15 is 0 Å². The van der Waals surface area contributed by atoms with Crippen LogP contribution in [-0.4, -0.2) is 61.9 Å². The highest BCUT2D eigenvalue weighted by Crippen LogP contribution is 2.40. The monoisotopic (exact) mass is 630 g/mol. The number of thiazole rings is 1. The van der Waals surface area contributed by atoms with Gasteiger partial charge in [0.15, 0.2) is 10.9 Å². The lowest BCUT2D eigenvalue weighted by molar-refractivity contribution is -0.149. The molecule has 0 bridgehead atoms. The molecule has 1 aliphatic heterocycles. The number of nitrogens with one attached hydrogen (secondary N) is 1. The summed E-state index contributed by atoms with van der Waals surface area (Å²) in [4.78, 5) is 20.4. The van der Waals surface area contributed by atoms with Gasteiger partial charge in [0, 0.05) is 11.8 Å². The minimum atomic E-state index is -2.21. The van der Waals surface area contributed by atoms with Gasteiger partial charge in [0.1, 0.15) is 23.9 Å². The second-order valence-corrected chi connectivity index (χ2v) is 12.6. The molecule has 14 heteroatoms. The lowest BCUT2D eigenvalue weighted by Crippen LogP contribution is -2.33. The van der Waals surface area contributed by atoms with Gasteiger partial charge >= 0.3 is 14.1 Å². The van der Waals surface area contributed by atoms with E-state index in [0.717, 1.165) is 28.1 Å². The van der Waals surface area contributed by atoms with Crippen molar-refractivity contribution in [2.75, 3.05) is 6.61 Å². The number of ether oxygens (including phenoxy) is 2. The standard InChI is InChI=1S/C18H24ClN3O5PS.C6H6O.C3H8O2/c1-9(2)26-18(23)10(3)22-28(24)25-8-12-5-6-14(27-12)13-7-20-17(19)15-16(13)29-11(4)21-15;7-6-4-2-1-3-5-6;1-3(2,4)5/h7,9-10,12,14H,5-6,8H2,1-4H3,(H,22,24);1-5,7H;4-5H,1-2H3/q+1;;/t10-,12?,14?;;/m1../s1. The topological polar surface area (TPSA) is 160 Å². The Bertz CT molecular complexity index is 1270. The highest BCUT2D eigenvalue weighted by atomic mass is 35.5. The Balaban J connectivity index is 0.000000406. The molecule has 3 unspecified atom stereocenters. The molecule has 4 atom stereocenters. The third-order valence-corrected chi connectivity index (χ3v) is 7.38. The van der Waals surface area contributed by atoms with Crippen LogP contribution < -0.4 is 5.09 Å². The first kappa shape index (κ1) is 34.9. The number of benzene rings is 1. The van der Waals surface area contributed by atoms with Crippen LogP contribution in [-0.2, 0) is 23.4 Å². The molecule has 1 saturated heterocycles. The maximum atomic E-state index is 12.1. The molecule has 0 aliphatic carbocycles. The number of phenolic OH excluding ortho intramolecular Hbond substituents is 1. The van der Waals surface area contributed by atoms with Crippen LogP contribution in [0.4, 0.5) is 0 Å². The summed E-state index contributed by atoms with van der Waals surface area (Å²) in [5, 5.41) is 28.7. The number of para-hydroxylation sites is 1. The first-order valence-electron chi connectivity index (χ1n) is 13.0. The number of aromatic nitrogens is 2. The van der Waals surface area contributed by atoms with Crippen molar-refractivity contribution >= 4 is 47.3 Å². The van der Waals surface area contributed by atoms with Crippen LogP contribution in [0.15, 0.2) is 36.5 Å². The van der Waals surface area contributed by atoms with Gasteiger partial charge in [0.2, 0.25) is 0 Å². The van der Waals surface area contributed by atoms with Crippen molar-refractivity contribution in [3.8, 4) is 5.75 Å². The summed E-state index contributed by atoms with van der Waals surface area (Å²) >= 11 is 7.72. The minimum absolute atomic E-state index is 0.138. The number of nitrogens with zero attached hydrogens (tertiary/aromatic N) is 2. The number of carbonyl (C=O) groups excluding carboxylic acids is 1. The number of phenols is 1. The van der Waals surface area contributed by atoms with Crippen molar-refractivity contribution in [1.29, 1.82) is 0 Å². The van der Waals surface area contributed by atoms with Crippen molar-refractivity contribution in [2.45, 2.75) is 84.5 Å². The number of rotatable bonds is 8. The highest BCUT2D eigenvalue weighted by molar-refractivity contribution is 7.36. The quantitative estimate of drug-likeness (QED) is 0.106. The second-order valence-electron chi connectivity index (χ2n) is 9.96. The molecule has 11 nitrogen and oxygen atoms in total. The van der Waals surface area contributed by atoms with Crippen molar-refractivity contribution in [2.24, 2.45) is 0 Å². The Morgan fingerprint density at radius 1 is 1.24 bits per heavy atom. The molecule has 0 amide bonds. The predicted molar refractivity (Wildman–Crippen MR) is 158 cm³/mol. The molecule has 1 aliphatic rings. The van der Waals surface area contributed by atoms with Gasteiger partial charge in [0.25, 0.3) is 0 Å². The average molecular weight is 631 g/mol. The number of aliphatic hydroxyl groups is 2. The van der Waals surface area contributed by atoms with Crippen LogP contribution in [0.1, 0.15) is 64.1 Å². The third-order valence-electron chi connectivity index (χ3n) is 5.10. The van der Waals surface area contributed by atoms with E-state index in [-0.39, 0.29) is 24.9 Å². The zero-order valence-corrected chi connectivity index (χ0v) is 26.4. The Labute approximate surface area is 249 Å². The van der Waals surface area contributed by atoms with Crippen LogP contribution in [0.3, 0.4) is 0 Å². The van der Waals surface area contributed by atoms with Crippen molar-refractivity contribution in [3.05, 3.63) is 52.3 Å². The molecule has 0 radical (unpaired) electrons. The van der Waals surface area contributed by atoms with E-state index in [1.54, 1.807) is 62.6 Å². The van der Waals surface area contributed by atoms with Crippen molar-refractivity contribution < 1.29 is 38.7 Å². The van der Waals surface area contributed by atoms with Gasteiger partial charge in [-0.1, -0.05) is 34.9 Å². The number of carbonyl (C=O) groups is 1. The van der Waals surface area contributed by atoms with E-state index < -0.39 is 26.0 Å². The van der Waals surface area contributed by atoms with Crippen LogP contribution in [0.25, 0.3) is 10.2 Å². The first-order chi connectivity index (χ1) is 19.1. The van der Waals surface area contributed by atoms with E-state index in [1.165, 1.54) is 13.8 Å². The Morgan fingerprint density at radius 3 is 2.44 bits per heavy atom. The smallest absolute Gasteiger partial charge is 0.508 e. The second kappa shape index (κ2) is 16.4. The van der Waals surface area contributed by atoms with Gasteiger partial charge in [-0.15, -0.1) is 15.9 Å². The molecule has 2 aromatic heterocycles. The molecule has 1 aromatic carbocycles. The maximum Gasteiger partial charge on any atom is 0.613 e. The van der Waals surface area contributed by atoms with Gasteiger partial charge in [0.05, 0.1) is 28.0 Å². The van der Waals surface area contributed by atoms with E-state index in [9.17, 15) is 9.36 Å². The van der Waals surface area contributed by atoms with Gasteiger partial charge in [-0.05, 0) is 71.1 Å². The Hall–Kier alpha value is -2.28. The number of hydrogen-bond donors (Lipinski definition) is 4. The minimum Gasteiger partial charge on any atom is -0.508 e. The molecule has 226 valence electrons. The van der Waals surface area contributed by atoms with E-state index in [2.05, 4.69) is 15.1 Å². The number of fused-ring (bicyclic) bond motifs is 1. The summed E-state index contributed by atoms with van der Waals surface area (Å²) in [6.45, 7) is 9.78. The Kier molecular flexibility index (Phi) is 14.0. The fourth-order valence-electron chi connectivity index (χ4n) is 3.46. The van der Waals surface area contributed by atoms with Gasteiger partial charge < -0.3 is 24.8 Å². The number of halogens is 1. The van der Waals surface area contributed by atoms with Crippen LogP contribution >= 0.6 is 31.1 Å². The highest BCUT2D eigenvalue weighted by Gasteiger charge is 2.33. The molecule has 0 spiro atoms. The SMILES string of the molecule is CC(C)(O)O.Cc1nc2c(Cl)ncc(C3CCC(CO[P+](=O)N[C@H](C)C(=O)OC(C)C)O3)c2s1.Oc1ccccc1. The van der Waals surface area contributed by atoms with Gasteiger partial charge in [-0.3, -0.25) is 4.79 Å². The maximum absolute atomic E-state index is 12.1. The number of aryl methyl sites for hydroxylation is 1. The fraction of sp³-hybridized carbons (Fsp3) is 0.519. The third kappa shape index (κ3) is 13.1. The van der Waals surface area contributed by atoms with Crippen molar-refractivity contribution in [3.63, 3.8) is 0 Å². The van der Waals surface area contributed by atoms with Crippen molar-refractivity contribution in [1.82, 2.24) is 15.1 Å². The zero-order valence-electron chi connectivity index (χ0n) is 23.9. The summed E-state index contributed by atoms with van der Waals surface area (Å²) in [7, 11) is -2.21. The molecule has 4 rings (SSSR count). The van der Waals surface area contributed by atoms with Crippen LogP contribution in [0.2, 0.25) is 5.15 Å². The van der Waals surface area contributed by atoms with Gasteiger partial charge in [-0.2, -0.15) is 0 Å². The summed E-state index contributed by atoms with van der Waals surface area (Å²) in [6, 6.07) is 7.99. The lowest BCUT2D eigenvalue weighted by Gasteiger charge is -2.13. The molecule has 0 saturated carbocycles. The molecular weight excluding hydrogens is 593 g/mol. The Morgan fingerprint density at radius 2 is 1.88 bits per heavy atom. The molecule has 41 heavy (non-hydrogen) atoms. The summed E-state index contributed by atoms with van der Waals surface area (Å²) in [6.07, 6.45) is 2.73. The number of esters is 1. The van der Waals surface area contributed by atoms with Crippen LogP contribution in [0.5, 0.6) is 5.75 Å². The number of aromatic hydroxyl groups is 1. The first-order valence-corrected chi connectivity index (χ1v) is 15.3. The summed E-state index contributed by atoms with van der Waals surface area (Å²) < 4.78 is 29.6. The lowest BCUT2D eigenvalue weighted by atomic mass is 10.1. The molecule has 4 N–H and O–H groups in total. The molecule has 3 aromatic rings. The van der Waals surface area contributed by atoms with E-state index in [4.69, 9.17) is 40.9 Å². The van der Waals surface area contributed by atoms with E-state index in [0.29, 0.717) is 16.4 Å². The largest absolute Gasteiger partial charge is 0.613 e. The summed E-state index contributed by atoms with van der Waals surface area (Å²) in [5.41, 5.74) is 1.66. The normalized spacial score (nSPS) is 17.8. The summed E-state index contributed by atoms with van der Waals surface area (Å²) in [5.74, 6) is -1.65. The average Bonchev–Trinajstić information content (AvgIpc) is 3.49. The number of pyridine rings is 1. The zero-order chi connectivity index (χ0) is 30.7. The van der Waals surface area contributed by atoms with E-state index in [1.807, 2.05) is 13.0 Å². The fourth-order valence-corrected chi connectivity index (χ4v) is 5.47. The van der Waals surface area contributed by atoms with Gasteiger partial charge in [-0.25, -0.2) is 9.97 Å².